The molecule has 56 heavy (non-hydrogen) atoms. The minimum atomic E-state index is -0.704. The highest BCUT2D eigenvalue weighted by Gasteiger charge is 2.54. The number of aromatic amines is 2. The first kappa shape index (κ1) is 40.0. The Morgan fingerprint density at radius 1 is 0.893 bits per heavy atom. The van der Waals surface area contributed by atoms with Gasteiger partial charge in [-0.05, 0) is 86.0 Å². The van der Waals surface area contributed by atoms with Crippen molar-refractivity contribution in [3.8, 4) is 11.3 Å². The molecule has 1 aliphatic heterocycles. The van der Waals surface area contributed by atoms with Crippen LogP contribution in [0.25, 0.3) is 22.4 Å². The van der Waals surface area contributed by atoms with Crippen molar-refractivity contribution in [2.45, 2.75) is 83.8 Å². The van der Waals surface area contributed by atoms with Crippen LogP contribution in [0.2, 0.25) is 0 Å². The van der Waals surface area contributed by atoms with E-state index in [0.717, 1.165) is 66.0 Å². The molecule has 6 rings (SSSR count). The molecular weight excluding hydrogens is 713 g/mol. The maximum atomic E-state index is 13.9. The molecule has 1 saturated heterocycles. The number of fused-ring (bicyclic) bond motifs is 2. The zero-order chi connectivity index (χ0) is 40.3. The number of nitrogens with one attached hydrogen (secondary N) is 4. The maximum Gasteiger partial charge on any atom is 0.425 e. The second-order valence-corrected chi connectivity index (χ2v) is 15.7. The van der Waals surface area contributed by atoms with Crippen molar-refractivity contribution in [2.24, 2.45) is 23.7 Å². The van der Waals surface area contributed by atoms with E-state index in [2.05, 4.69) is 38.9 Å². The monoisotopic (exact) mass is 766 g/mol. The standard InChI is InChI=1S/C42H54N8O6/c1-23(2)36(47-41(53)55-7)40(52)49-19-9-10-33(49)37-43-21-31(45-37)26(6)12-11-25(5)27-13-15-28(16-14-27)32-22-44-38(46-32)34-29-17-18-30(20-29)35(34)39(51)50(24(3)4)48-42(54)56-8/h11-16,21-24,29-30,33-36H,5-6,9-10,17-20H2,1-4,7-8H3,(H,43,45)(H,44,46)(H,47,53)(H,48,54)/b12-11-/t29?,30?,33?,34-,35+,36?/m0/s1. The Hall–Kier alpha value is -5.66. The third kappa shape index (κ3) is 8.29. The van der Waals surface area contributed by atoms with Crippen molar-refractivity contribution < 1.29 is 28.7 Å². The Labute approximate surface area is 328 Å². The van der Waals surface area contributed by atoms with Crippen molar-refractivity contribution >= 4 is 35.1 Å². The van der Waals surface area contributed by atoms with Crippen molar-refractivity contribution in [2.75, 3.05) is 20.8 Å². The van der Waals surface area contributed by atoms with E-state index < -0.39 is 18.2 Å². The molecule has 2 aliphatic carbocycles. The molecule has 1 aromatic carbocycles. The Kier molecular flexibility index (Phi) is 12.2. The average Bonchev–Trinajstić information content (AvgIpc) is 4.05. The van der Waals surface area contributed by atoms with Crippen LogP contribution in [0.5, 0.6) is 0 Å². The summed E-state index contributed by atoms with van der Waals surface area (Å²) in [7, 11) is 2.57. The van der Waals surface area contributed by atoms with E-state index in [0.29, 0.717) is 23.9 Å². The first-order valence-electron chi connectivity index (χ1n) is 19.4. The summed E-state index contributed by atoms with van der Waals surface area (Å²) in [6.07, 6.45) is 10.6. The molecule has 14 heteroatoms. The van der Waals surface area contributed by atoms with E-state index in [1.165, 1.54) is 19.2 Å². The molecule has 3 aromatic rings. The van der Waals surface area contributed by atoms with Crippen molar-refractivity contribution in [3.63, 3.8) is 0 Å². The van der Waals surface area contributed by atoms with Gasteiger partial charge in [-0.3, -0.25) is 9.59 Å². The number of allylic oxidation sites excluding steroid dienone is 4. The quantitative estimate of drug-likeness (QED) is 0.116. The lowest BCUT2D eigenvalue weighted by atomic mass is 9.78. The molecule has 3 heterocycles. The molecule has 298 valence electrons. The van der Waals surface area contributed by atoms with Gasteiger partial charge >= 0.3 is 12.2 Å². The third-order valence-electron chi connectivity index (χ3n) is 11.5. The van der Waals surface area contributed by atoms with E-state index in [1.54, 1.807) is 11.1 Å². The van der Waals surface area contributed by atoms with Gasteiger partial charge in [0.1, 0.15) is 17.7 Å². The van der Waals surface area contributed by atoms with Gasteiger partial charge in [0.2, 0.25) is 11.8 Å². The minimum Gasteiger partial charge on any atom is -0.453 e. The lowest BCUT2D eigenvalue weighted by Gasteiger charge is -2.35. The Morgan fingerprint density at radius 2 is 1.57 bits per heavy atom. The number of H-pyrrole nitrogens is 2. The van der Waals surface area contributed by atoms with Crippen LogP contribution in [-0.2, 0) is 19.1 Å². The molecule has 4 N–H and O–H groups in total. The SMILES string of the molecule is C=C(/C=C\C(=C)c1cnc(C2CCCN2C(=O)C(NC(=O)OC)C(C)C)[nH]1)c1ccc(-c2cnc([C@H]3C4CCC(C4)[C@H]3C(=O)N(NC(=O)OC)C(C)C)[nH]2)cc1. The number of carbonyl (C=O) groups excluding carboxylic acids is 4. The summed E-state index contributed by atoms with van der Waals surface area (Å²) in [5, 5.41) is 4.08. The van der Waals surface area contributed by atoms with Crippen LogP contribution in [0.1, 0.15) is 94.7 Å². The second-order valence-electron chi connectivity index (χ2n) is 15.7. The fourth-order valence-electron chi connectivity index (χ4n) is 8.55. The lowest BCUT2D eigenvalue weighted by Crippen LogP contribution is -2.53. The topological polar surface area (TPSA) is 175 Å². The summed E-state index contributed by atoms with van der Waals surface area (Å²) < 4.78 is 9.53. The summed E-state index contributed by atoms with van der Waals surface area (Å²) in [6, 6.07) is 6.88. The number of methoxy groups -OCH3 is 2. The van der Waals surface area contributed by atoms with Gasteiger partial charge in [0.25, 0.3) is 0 Å². The number of imidazole rings is 2. The number of alkyl carbamates (subject to hydrolysis) is 1. The number of hydrogen-bond donors (Lipinski definition) is 4. The summed E-state index contributed by atoms with van der Waals surface area (Å²) in [4.78, 5) is 69.4. The van der Waals surface area contributed by atoms with Crippen LogP contribution < -0.4 is 10.7 Å². The molecule has 2 aromatic heterocycles. The van der Waals surface area contributed by atoms with E-state index >= 15 is 0 Å². The van der Waals surface area contributed by atoms with Crippen molar-refractivity contribution in [1.29, 1.82) is 0 Å². The summed E-state index contributed by atoms with van der Waals surface area (Å²) in [5.74, 6) is 1.33. The van der Waals surface area contributed by atoms with Crippen LogP contribution in [0.4, 0.5) is 9.59 Å². The predicted molar refractivity (Wildman–Crippen MR) is 212 cm³/mol. The number of hydrogen-bond acceptors (Lipinski definition) is 8. The number of nitrogens with zero attached hydrogens (tertiary/aromatic N) is 4. The van der Waals surface area contributed by atoms with E-state index in [9.17, 15) is 19.2 Å². The van der Waals surface area contributed by atoms with Crippen molar-refractivity contribution in [1.82, 2.24) is 40.6 Å². The fraction of sp³-hybridized carbons (Fsp3) is 0.476. The van der Waals surface area contributed by atoms with Gasteiger partial charge in [-0.2, -0.15) is 0 Å². The average molecular weight is 767 g/mol. The molecule has 0 spiro atoms. The van der Waals surface area contributed by atoms with E-state index in [1.807, 2.05) is 70.3 Å². The maximum absolute atomic E-state index is 13.9. The Bertz CT molecular complexity index is 1980. The fourth-order valence-corrected chi connectivity index (χ4v) is 8.55. The second kappa shape index (κ2) is 17.0. The lowest BCUT2D eigenvalue weighted by molar-refractivity contribution is -0.143. The van der Waals surface area contributed by atoms with E-state index in [4.69, 9.17) is 14.5 Å². The third-order valence-corrected chi connectivity index (χ3v) is 11.5. The van der Waals surface area contributed by atoms with Crippen LogP contribution >= 0.6 is 0 Å². The molecular formula is C42H54N8O6. The number of amides is 4. The summed E-state index contributed by atoms with van der Waals surface area (Å²) in [5.41, 5.74) is 7.62. The largest absolute Gasteiger partial charge is 0.453 e. The summed E-state index contributed by atoms with van der Waals surface area (Å²) >= 11 is 0. The molecule has 4 amide bonds. The van der Waals surface area contributed by atoms with Gasteiger partial charge in [-0.1, -0.05) is 63.4 Å². The van der Waals surface area contributed by atoms with Gasteiger partial charge in [0, 0.05) is 18.5 Å². The molecule has 4 unspecified atom stereocenters. The highest BCUT2D eigenvalue weighted by molar-refractivity contribution is 5.87. The molecule has 6 atom stereocenters. The Morgan fingerprint density at radius 3 is 2.25 bits per heavy atom. The minimum absolute atomic E-state index is 0.0638. The highest BCUT2D eigenvalue weighted by Crippen LogP contribution is 2.56. The number of carbonyl (C=O) groups is 4. The van der Waals surface area contributed by atoms with Crippen LogP contribution in [0.15, 0.2) is 62.0 Å². The highest BCUT2D eigenvalue weighted by atomic mass is 16.5. The normalized spacial score (nSPS) is 22.1. The van der Waals surface area contributed by atoms with Gasteiger partial charge in [0.05, 0.1) is 50.0 Å². The van der Waals surface area contributed by atoms with Gasteiger partial charge in [-0.25, -0.2) is 30.0 Å². The number of hydrazine groups is 1. The van der Waals surface area contributed by atoms with Crippen LogP contribution in [0.3, 0.4) is 0 Å². The van der Waals surface area contributed by atoms with Gasteiger partial charge < -0.3 is 29.7 Å². The van der Waals surface area contributed by atoms with E-state index in [-0.39, 0.29) is 47.6 Å². The Balaban J connectivity index is 1.09. The van der Waals surface area contributed by atoms with Gasteiger partial charge in [0.15, 0.2) is 0 Å². The molecule has 2 bridgehead atoms. The zero-order valence-corrected chi connectivity index (χ0v) is 33.1. The zero-order valence-electron chi connectivity index (χ0n) is 33.1. The first-order chi connectivity index (χ1) is 26.8. The van der Waals surface area contributed by atoms with Crippen LogP contribution in [0, 0.1) is 23.7 Å². The molecule has 3 aliphatic rings. The molecule has 2 saturated carbocycles. The molecule has 3 fully saturated rings. The smallest absolute Gasteiger partial charge is 0.425 e. The summed E-state index contributed by atoms with van der Waals surface area (Å²) in [6.45, 7) is 16.6. The first-order valence-corrected chi connectivity index (χ1v) is 19.4. The van der Waals surface area contributed by atoms with Crippen LogP contribution in [-0.4, -0.2) is 86.7 Å². The number of ether oxygens (including phenoxy) is 2. The molecule has 14 nitrogen and oxygen atoms in total. The number of rotatable bonds is 12. The number of likely N-dealkylation sites (tertiary alicyclic amines) is 1. The number of benzene rings is 1. The van der Waals surface area contributed by atoms with Crippen molar-refractivity contribution in [3.05, 3.63) is 84.9 Å². The predicted octanol–water partition coefficient (Wildman–Crippen LogP) is 6.76. The molecule has 0 radical (unpaired) electrons. The van der Waals surface area contributed by atoms with Gasteiger partial charge in [-0.15, -0.1) is 0 Å². The number of aromatic nitrogens is 4.